The molecule has 0 atom stereocenters. The van der Waals surface area contributed by atoms with Gasteiger partial charge in [0.05, 0.1) is 31.1 Å². The van der Waals surface area contributed by atoms with Crippen molar-refractivity contribution < 1.29 is 9.53 Å². The van der Waals surface area contributed by atoms with E-state index in [2.05, 4.69) is 15.5 Å². The number of ether oxygens (including phenoxy) is 1. The van der Waals surface area contributed by atoms with Gasteiger partial charge >= 0.3 is 0 Å². The number of anilines is 4. The van der Waals surface area contributed by atoms with E-state index in [0.29, 0.717) is 13.2 Å². The van der Waals surface area contributed by atoms with Gasteiger partial charge in [0.2, 0.25) is 5.91 Å². The summed E-state index contributed by atoms with van der Waals surface area (Å²) in [5, 5.41) is 6.18. The number of hydrogen-bond acceptors (Lipinski definition) is 5. The first-order valence-electron chi connectivity index (χ1n) is 8.86. The van der Waals surface area contributed by atoms with Crippen LogP contribution in [0.2, 0.25) is 0 Å². The summed E-state index contributed by atoms with van der Waals surface area (Å²) in [5.74, 6) is -0.0672. The van der Waals surface area contributed by atoms with Gasteiger partial charge in [0.25, 0.3) is 0 Å². The van der Waals surface area contributed by atoms with Gasteiger partial charge in [-0.15, -0.1) is 0 Å². The van der Waals surface area contributed by atoms with Gasteiger partial charge in [0, 0.05) is 38.6 Å². The highest BCUT2D eigenvalue weighted by Gasteiger charge is 2.15. The predicted molar refractivity (Wildman–Crippen MR) is 107 cm³/mol. The molecule has 3 rings (SSSR count). The van der Waals surface area contributed by atoms with E-state index in [1.165, 1.54) is 0 Å². The average molecular weight is 354 g/mol. The lowest BCUT2D eigenvalue weighted by Crippen LogP contribution is -2.37. The molecule has 0 spiro atoms. The molecule has 1 amide bonds. The molecule has 2 aromatic rings. The van der Waals surface area contributed by atoms with Crippen molar-refractivity contribution >= 4 is 28.7 Å². The Morgan fingerprint density at radius 1 is 1.08 bits per heavy atom. The van der Waals surface area contributed by atoms with Crippen LogP contribution in [0.4, 0.5) is 22.7 Å². The third kappa shape index (κ3) is 4.67. The van der Waals surface area contributed by atoms with E-state index in [1.807, 2.05) is 67.5 Å². The van der Waals surface area contributed by atoms with Crippen molar-refractivity contribution in [3.05, 3.63) is 48.5 Å². The fourth-order valence-electron chi connectivity index (χ4n) is 2.91. The number of morpholine rings is 1. The molecule has 1 heterocycles. The Hall–Kier alpha value is -2.73. The number of benzene rings is 2. The summed E-state index contributed by atoms with van der Waals surface area (Å²) in [6, 6.07) is 15.9. The Kier molecular flexibility index (Phi) is 5.96. The molecule has 0 aliphatic carbocycles. The van der Waals surface area contributed by atoms with E-state index in [9.17, 15) is 4.79 Å². The number of carbonyl (C=O) groups excluding carboxylic acids is 1. The van der Waals surface area contributed by atoms with Crippen LogP contribution in [-0.4, -0.2) is 52.9 Å². The van der Waals surface area contributed by atoms with Crippen molar-refractivity contribution in [2.45, 2.75) is 0 Å². The van der Waals surface area contributed by atoms with Crippen molar-refractivity contribution in [1.82, 2.24) is 0 Å². The van der Waals surface area contributed by atoms with Crippen LogP contribution in [0.3, 0.4) is 0 Å². The van der Waals surface area contributed by atoms with E-state index in [0.717, 1.165) is 35.8 Å². The van der Waals surface area contributed by atoms with Crippen LogP contribution in [0.5, 0.6) is 0 Å². The number of amides is 1. The molecule has 138 valence electrons. The van der Waals surface area contributed by atoms with Crippen LogP contribution in [0.1, 0.15) is 0 Å². The number of hydrogen-bond donors (Lipinski definition) is 2. The monoisotopic (exact) mass is 354 g/mol. The molecule has 0 saturated carbocycles. The molecular formula is C20H26N4O2. The minimum atomic E-state index is -0.0672. The summed E-state index contributed by atoms with van der Waals surface area (Å²) < 4.78 is 5.41. The predicted octanol–water partition coefficient (Wildman–Crippen LogP) is 2.64. The number of nitrogens with one attached hydrogen (secondary N) is 2. The largest absolute Gasteiger partial charge is 0.378 e. The maximum Gasteiger partial charge on any atom is 0.243 e. The first-order chi connectivity index (χ1) is 12.6. The Bertz CT molecular complexity index is 725. The Balaban J connectivity index is 1.58. The second-order valence-corrected chi connectivity index (χ2v) is 6.46. The summed E-state index contributed by atoms with van der Waals surface area (Å²) in [4.78, 5) is 16.7. The van der Waals surface area contributed by atoms with Crippen molar-refractivity contribution in [2.75, 3.05) is 67.4 Å². The lowest BCUT2D eigenvalue weighted by Gasteiger charge is -2.30. The van der Waals surface area contributed by atoms with Gasteiger partial charge in [-0.25, -0.2) is 0 Å². The van der Waals surface area contributed by atoms with Gasteiger partial charge < -0.3 is 25.2 Å². The molecule has 1 aliphatic heterocycles. The lowest BCUT2D eigenvalue weighted by atomic mass is 10.2. The summed E-state index contributed by atoms with van der Waals surface area (Å²) in [5.41, 5.74) is 3.93. The van der Waals surface area contributed by atoms with Gasteiger partial charge in [-0.2, -0.15) is 0 Å². The van der Waals surface area contributed by atoms with Gasteiger partial charge in [0.1, 0.15) is 0 Å². The van der Waals surface area contributed by atoms with Crippen LogP contribution in [0, 0.1) is 0 Å². The van der Waals surface area contributed by atoms with E-state index in [4.69, 9.17) is 4.74 Å². The third-order valence-electron chi connectivity index (χ3n) is 4.37. The fraction of sp³-hybridized carbons (Fsp3) is 0.350. The zero-order chi connectivity index (χ0) is 18.4. The molecule has 0 radical (unpaired) electrons. The lowest BCUT2D eigenvalue weighted by molar-refractivity contribution is -0.114. The normalized spacial score (nSPS) is 14.0. The van der Waals surface area contributed by atoms with Crippen LogP contribution < -0.4 is 20.4 Å². The summed E-state index contributed by atoms with van der Waals surface area (Å²) >= 11 is 0. The van der Waals surface area contributed by atoms with Gasteiger partial charge in [-0.1, -0.05) is 12.1 Å². The number of carbonyl (C=O) groups is 1. The second-order valence-electron chi connectivity index (χ2n) is 6.46. The maximum absolute atomic E-state index is 12.4. The Morgan fingerprint density at radius 3 is 2.46 bits per heavy atom. The SMILES string of the molecule is CN(C)c1ccc(NCC(=O)Nc2ccccc2N2CCOCC2)cc1. The van der Waals surface area contributed by atoms with Crippen LogP contribution >= 0.6 is 0 Å². The molecular weight excluding hydrogens is 328 g/mol. The van der Waals surface area contributed by atoms with Crippen LogP contribution in [0.15, 0.2) is 48.5 Å². The molecule has 6 heteroatoms. The van der Waals surface area contributed by atoms with Crippen molar-refractivity contribution in [1.29, 1.82) is 0 Å². The topological polar surface area (TPSA) is 56.8 Å². The zero-order valence-electron chi connectivity index (χ0n) is 15.4. The minimum Gasteiger partial charge on any atom is -0.378 e. The maximum atomic E-state index is 12.4. The first-order valence-corrected chi connectivity index (χ1v) is 8.86. The quantitative estimate of drug-likeness (QED) is 0.835. The Labute approximate surface area is 154 Å². The van der Waals surface area contributed by atoms with Gasteiger partial charge in [0.15, 0.2) is 0 Å². The molecule has 2 aromatic carbocycles. The highest BCUT2D eigenvalue weighted by atomic mass is 16.5. The average Bonchev–Trinajstić information content (AvgIpc) is 2.68. The highest BCUT2D eigenvalue weighted by molar-refractivity contribution is 5.96. The smallest absolute Gasteiger partial charge is 0.243 e. The van der Waals surface area contributed by atoms with E-state index < -0.39 is 0 Å². The van der Waals surface area contributed by atoms with Crippen molar-refractivity contribution in [3.8, 4) is 0 Å². The number of nitrogens with zero attached hydrogens (tertiary/aromatic N) is 2. The van der Waals surface area contributed by atoms with E-state index >= 15 is 0 Å². The Morgan fingerprint density at radius 2 is 1.77 bits per heavy atom. The fourth-order valence-corrected chi connectivity index (χ4v) is 2.91. The summed E-state index contributed by atoms with van der Waals surface area (Å²) in [7, 11) is 4.00. The third-order valence-corrected chi connectivity index (χ3v) is 4.37. The van der Waals surface area contributed by atoms with E-state index in [1.54, 1.807) is 0 Å². The van der Waals surface area contributed by atoms with Crippen LogP contribution in [0.25, 0.3) is 0 Å². The molecule has 6 nitrogen and oxygen atoms in total. The minimum absolute atomic E-state index is 0.0672. The molecule has 0 bridgehead atoms. The van der Waals surface area contributed by atoms with Crippen molar-refractivity contribution in [3.63, 3.8) is 0 Å². The molecule has 0 unspecified atom stereocenters. The highest BCUT2D eigenvalue weighted by Crippen LogP contribution is 2.26. The van der Waals surface area contributed by atoms with Gasteiger partial charge in [-0.3, -0.25) is 4.79 Å². The second kappa shape index (κ2) is 8.58. The van der Waals surface area contributed by atoms with Gasteiger partial charge in [-0.05, 0) is 36.4 Å². The first kappa shape index (κ1) is 18.1. The standard InChI is InChI=1S/C20H26N4O2/c1-23(2)17-9-7-16(8-10-17)21-15-20(25)22-18-5-3-4-6-19(18)24-11-13-26-14-12-24/h3-10,21H,11-15H2,1-2H3,(H,22,25). The molecule has 26 heavy (non-hydrogen) atoms. The number of rotatable bonds is 6. The summed E-state index contributed by atoms with van der Waals surface area (Å²) in [6.45, 7) is 3.32. The van der Waals surface area contributed by atoms with Crippen molar-refractivity contribution in [2.24, 2.45) is 0 Å². The number of para-hydroxylation sites is 2. The summed E-state index contributed by atoms with van der Waals surface area (Å²) in [6.07, 6.45) is 0. The van der Waals surface area contributed by atoms with E-state index in [-0.39, 0.29) is 12.5 Å². The molecule has 1 aliphatic rings. The molecule has 1 fully saturated rings. The zero-order valence-corrected chi connectivity index (χ0v) is 15.4. The van der Waals surface area contributed by atoms with Crippen LogP contribution in [-0.2, 0) is 9.53 Å². The molecule has 2 N–H and O–H groups in total. The molecule has 0 aromatic heterocycles. The molecule has 1 saturated heterocycles.